The number of alkyl halides is 3. The summed E-state index contributed by atoms with van der Waals surface area (Å²) < 4.78 is 55.6. The highest BCUT2D eigenvalue weighted by molar-refractivity contribution is 6.02. The van der Waals surface area contributed by atoms with Crippen LogP contribution in [0.15, 0.2) is 18.2 Å². The van der Waals surface area contributed by atoms with Crippen molar-refractivity contribution in [1.29, 1.82) is 0 Å². The van der Waals surface area contributed by atoms with Crippen LogP contribution in [-0.4, -0.2) is 36.7 Å². The third kappa shape index (κ3) is 6.70. The SMILES string of the molecule is CC(C)C[C@@H](NC(=O)OC(C)(C)C)C(=O)c1ccc(C(F)(F)F)cc1C1OCCO1. The molecule has 1 aromatic rings. The number of benzene rings is 1. The molecule has 168 valence electrons. The molecule has 0 aromatic heterocycles. The maximum Gasteiger partial charge on any atom is 0.416 e. The van der Waals surface area contributed by atoms with Gasteiger partial charge in [-0.25, -0.2) is 4.79 Å². The highest BCUT2D eigenvalue weighted by Gasteiger charge is 2.35. The molecule has 9 heteroatoms. The molecule has 0 aliphatic carbocycles. The Kier molecular flexibility index (Phi) is 7.52. The van der Waals surface area contributed by atoms with Crippen molar-refractivity contribution in [2.24, 2.45) is 5.92 Å². The topological polar surface area (TPSA) is 73.9 Å². The number of nitrogens with one attached hydrogen (secondary N) is 1. The molecule has 0 radical (unpaired) electrons. The number of alkyl carbamates (subject to hydrolysis) is 1. The minimum Gasteiger partial charge on any atom is -0.444 e. The molecule has 6 nitrogen and oxygen atoms in total. The molecule has 1 aliphatic rings. The number of rotatable bonds is 6. The molecule has 30 heavy (non-hydrogen) atoms. The van der Waals surface area contributed by atoms with E-state index in [4.69, 9.17) is 14.2 Å². The van der Waals surface area contributed by atoms with Gasteiger partial charge in [-0.2, -0.15) is 13.2 Å². The summed E-state index contributed by atoms with van der Waals surface area (Å²) in [5.41, 5.74) is -1.67. The maximum atomic E-state index is 13.3. The molecule has 0 saturated carbocycles. The predicted octanol–water partition coefficient (Wildman–Crippen LogP) is 4.87. The first-order valence-corrected chi connectivity index (χ1v) is 9.76. The molecule has 1 atom stereocenters. The van der Waals surface area contributed by atoms with E-state index in [0.29, 0.717) is 0 Å². The van der Waals surface area contributed by atoms with E-state index >= 15 is 0 Å². The first kappa shape index (κ1) is 24.1. The number of ketones is 1. The summed E-state index contributed by atoms with van der Waals surface area (Å²) in [7, 11) is 0. The van der Waals surface area contributed by atoms with Gasteiger partial charge in [-0.1, -0.05) is 19.9 Å². The second kappa shape index (κ2) is 9.34. The van der Waals surface area contributed by atoms with Gasteiger partial charge < -0.3 is 19.5 Å². The standard InChI is InChI=1S/C21H28F3NO5/c1-12(2)10-16(25-19(27)30-20(3,4)5)17(26)14-7-6-13(21(22,23)24)11-15(14)18-28-8-9-29-18/h6-7,11-12,16,18H,8-10H2,1-5H3,(H,25,27)/t16-/m1/s1. The summed E-state index contributed by atoms with van der Waals surface area (Å²) in [6.07, 6.45) is -6.15. The van der Waals surface area contributed by atoms with Crippen LogP contribution in [0.2, 0.25) is 0 Å². The van der Waals surface area contributed by atoms with E-state index in [-0.39, 0.29) is 36.7 Å². The molecule has 1 heterocycles. The van der Waals surface area contributed by atoms with Gasteiger partial charge in [-0.15, -0.1) is 0 Å². The fourth-order valence-electron chi connectivity index (χ4n) is 3.04. The Labute approximate surface area is 174 Å². The normalized spacial score (nSPS) is 16.6. The fraction of sp³-hybridized carbons (Fsp3) is 0.619. The summed E-state index contributed by atoms with van der Waals surface area (Å²) in [4.78, 5) is 25.5. The van der Waals surface area contributed by atoms with Gasteiger partial charge in [0.15, 0.2) is 12.1 Å². The lowest BCUT2D eigenvalue weighted by molar-refractivity contribution is -0.137. The number of ether oxygens (including phenoxy) is 3. The lowest BCUT2D eigenvalue weighted by Crippen LogP contribution is -2.44. The third-order valence-corrected chi connectivity index (χ3v) is 4.23. The zero-order chi connectivity index (χ0) is 22.7. The number of halogens is 3. The highest BCUT2D eigenvalue weighted by Crippen LogP contribution is 2.35. The van der Waals surface area contributed by atoms with E-state index in [9.17, 15) is 22.8 Å². The summed E-state index contributed by atoms with van der Waals surface area (Å²) in [5.74, 6) is -0.497. The van der Waals surface area contributed by atoms with Gasteiger partial charge in [-0.3, -0.25) is 4.79 Å². The quantitative estimate of drug-likeness (QED) is 0.651. The van der Waals surface area contributed by atoms with E-state index in [0.717, 1.165) is 18.2 Å². The van der Waals surface area contributed by atoms with Crippen LogP contribution >= 0.6 is 0 Å². The van der Waals surface area contributed by atoms with Crippen LogP contribution < -0.4 is 5.32 Å². The van der Waals surface area contributed by atoms with Crippen molar-refractivity contribution in [2.75, 3.05) is 13.2 Å². The van der Waals surface area contributed by atoms with Gasteiger partial charge in [0.25, 0.3) is 0 Å². The molecular formula is C21H28F3NO5. The lowest BCUT2D eigenvalue weighted by Gasteiger charge is -2.25. The average Bonchev–Trinajstić information content (AvgIpc) is 3.11. The van der Waals surface area contributed by atoms with Crippen LogP contribution in [0.5, 0.6) is 0 Å². The summed E-state index contributed by atoms with van der Waals surface area (Å²) >= 11 is 0. The van der Waals surface area contributed by atoms with Crippen molar-refractivity contribution in [2.45, 2.75) is 65.1 Å². The Morgan fingerprint density at radius 3 is 2.27 bits per heavy atom. The molecule has 1 saturated heterocycles. The smallest absolute Gasteiger partial charge is 0.416 e. The van der Waals surface area contributed by atoms with Gasteiger partial charge in [0.1, 0.15) is 5.60 Å². The van der Waals surface area contributed by atoms with Gasteiger partial charge in [0.2, 0.25) is 0 Å². The number of amides is 1. The van der Waals surface area contributed by atoms with E-state index in [2.05, 4.69) is 5.32 Å². The minimum absolute atomic E-state index is 0.00734. The molecular weight excluding hydrogens is 403 g/mol. The Balaban J connectivity index is 2.39. The summed E-state index contributed by atoms with van der Waals surface area (Å²) in [6, 6.07) is 1.83. The third-order valence-electron chi connectivity index (χ3n) is 4.23. The summed E-state index contributed by atoms with van der Waals surface area (Å²) in [6.45, 7) is 9.22. The van der Waals surface area contributed by atoms with E-state index in [1.165, 1.54) is 0 Å². The number of carbonyl (C=O) groups excluding carboxylic acids is 2. The van der Waals surface area contributed by atoms with Crippen molar-refractivity contribution in [3.8, 4) is 0 Å². The largest absolute Gasteiger partial charge is 0.444 e. The van der Waals surface area contributed by atoms with Crippen molar-refractivity contribution in [3.05, 3.63) is 34.9 Å². The second-order valence-electron chi connectivity index (χ2n) is 8.57. The average molecular weight is 431 g/mol. The molecule has 0 spiro atoms. The van der Waals surface area contributed by atoms with Gasteiger partial charge >= 0.3 is 12.3 Å². The Morgan fingerprint density at radius 1 is 1.17 bits per heavy atom. The zero-order valence-corrected chi connectivity index (χ0v) is 17.8. The van der Waals surface area contributed by atoms with Gasteiger partial charge in [-0.05, 0) is 45.2 Å². The number of carbonyl (C=O) groups is 2. The predicted molar refractivity (Wildman–Crippen MR) is 103 cm³/mol. The van der Waals surface area contributed by atoms with Crippen LogP contribution in [-0.2, 0) is 20.4 Å². The molecule has 1 aliphatic heterocycles. The molecule has 1 N–H and O–H groups in total. The van der Waals surface area contributed by atoms with Crippen LogP contribution in [0.4, 0.5) is 18.0 Å². The second-order valence-corrected chi connectivity index (χ2v) is 8.57. The Morgan fingerprint density at radius 2 is 1.77 bits per heavy atom. The van der Waals surface area contributed by atoms with Gasteiger partial charge in [0.05, 0.1) is 24.8 Å². The fourth-order valence-corrected chi connectivity index (χ4v) is 3.04. The van der Waals surface area contributed by atoms with Crippen molar-refractivity contribution in [3.63, 3.8) is 0 Å². The Hall–Kier alpha value is -2.13. The van der Waals surface area contributed by atoms with E-state index < -0.39 is 41.5 Å². The molecule has 1 aromatic carbocycles. The number of Topliss-reactive ketones (excluding diaryl/α,β-unsaturated/α-hetero) is 1. The molecule has 1 fully saturated rings. The van der Waals surface area contributed by atoms with Crippen LogP contribution in [0.25, 0.3) is 0 Å². The molecule has 0 unspecified atom stereocenters. The van der Waals surface area contributed by atoms with Crippen molar-refractivity contribution in [1.82, 2.24) is 5.32 Å². The maximum absolute atomic E-state index is 13.3. The van der Waals surface area contributed by atoms with Crippen molar-refractivity contribution < 1.29 is 37.0 Å². The molecule has 1 amide bonds. The molecule has 2 rings (SSSR count). The van der Waals surface area contributed by atoms with E-state index in [1.54, 1.807) is 20.8 Å². The van der Waals surface area contributed by atoms with Crippen molar-refractivity contribution >= 4 is 11.9 Å². The first-order chi connectivity index (χ1) is 13.8. The minimum atomic E-state index is -4.58. The molecule has 0 bridgehead atoms. The zero-order valence-electron chi connectivity index (χ0n) is 17.8. The Bertz CT molecular complexity index is 765. The number of hydrogen-bond donors (Lipinski definition) is 1. The van der Waals surface area contributed by atoms with E-state index in [1.807, 2.05) is 13.8 Å². The monoisotopic (exact) mass is 431 g/mol. The van der Waals surface area contributed by atoms with Gasteiger partial charge in [0, 0.05) is 11.1 Å². The summed E-state index contributed by atoms with van der Waals surface area (Å²) in [5, 5.41) is 2.55. The van der Waals surface area contributed by atoms with Crippen LogP contribution in [0, 0.1) is 5.92 Å². The lowest BCUT2D eigenvalue weighted by atomic mass is 9.92. The van der Waals surface area contributed by atoms with Crippen LogP contribution in [0.1, 0.15) is 68.8 Å². The first-order valence-electron chi connectivity index (χ1n) is 9.76. The number of hydrogen-bond acceptors (Lipinski definition) is 5. The highest BCUT2D eigenvalue weighted by atomic mass is 19.4. The van der Waals surface area contributed by atoms with Crippen LogP contribution in [0.3, 0.4) is 0 Å².